The first kappa shape index (κ1) is 17.0. The molecule has 23 heavy (non-hydrogen) atoms. The van der Waals surface area contributed by atoms with Crippen LogP contribution in [0.1, 0.15) is 5.56 Å². The number of thioether (sulfide) groups is 1. The summed E-state index contributed by atoms with van der Waals surface area (Å²) < 4.78 is 13.4. The van der Waals surface area contributed by atoms with E-state index in [9.17, 15) is 14.0 Å². The summed E-state index contributed by atoms with van der Waals surface area (Å²) in [6, 6.07) is 15.4. The number of amides is 2. The number of benzene rings is 2. The van der Waals surface area contributed by atoms with Crippen molar-refractivity contribution < 1.29 is 14.0 Å². The van der Waals surface area contributed by atoms with Crippen molar-refractivity contribution in [3.63, 3.8) is 0 Å². The molecule has 2 rings (SSSR count). The quantitative estimate of drug-likeness (QED) is 0.820. The third kappa shape index (κ3) is 6.12. The first-order valence-electron chi connectivity index (χ1n) is 7.08. The van der Waals surface area contributed by atoms with Crippen LogP contribution in [0, 0.1) is 5.82 Å². The molecule has 6 heteroatoms. The average molecular weight is 332 g/mol. The molecule has 2 aromatic carbocycles. The minimum Gasteiger partial charge on any atom is -0.351 e. The maximum atomic E-state index is 13.4. The van der Waals surface area contributed by atoms with Crippen molar-refractivity contribution in [2.24, 2.45) is 0 Å². The van der Waals surface area contributed by atoms with Gasteiger partial charge in [-0.2, -0.15) is 0 Å². The second-order valence-corrected chi connectivity index (χ2v) is 5.76. The fourth-order valence-electron chi connectivity index (χ4n) is 1.84. The zero-order chi connectivity index (χ0) is 16.5. The summed E-state index contributed by atoms with van der Waals surface area (Å²) in [5, 5.41) is 5.37. The van der Waals surface area contributed by atoms with E-state index in [1.165, 1.54) is 17.8 Å². The monoisotopic (exact) mass is 332 g/mol. The largest absolute Gasteiger partial charge is 0.351 e. The smallest absolute Gasteiger partial charge is 0.234 e. The van der Waals surface area contributed by atoms with E-state index >= 15 is 0 Å². The summed E-state index contributed by atoms with van der Waals surface area (Å²) in [7, 11) is 0. The maximum Gasteiger partial charge on any atom is 0.234 e. The van der Waals surface area contributed by atoms with E-state index in [0.717, 1.165) is 5.69 Å². The second-order valence-electron chi connectivity index (χ2n) is 4.78. The lowest BCUT2D eigenvalue weighted by molar-refractivity contribution is -0.118. The minimum absolute atomic E-state index is 0.141. The summed E-state index contributed by atoms with van der Waals surface area (Å²) in [4.78, 5) is 23.4. The molecule has 0 fully saturated rings. The summed E-state index contributed by atoms with van der Waals surface area (Å²) in [5.74, 6) is -0.407. The van der Waals surface area contributed by atoms with Crippen molar-refractivity contribution in [1.29, 1.82) is 0 Å². The first-order chi connectivity index (χ1) is 11.1. The van der Waals surface area contributed by atoms with Gasteiger partial charge in [-0.05, 0) is 18.2 Å². The number of rotatable bonds is 7. The lowest BCUT2D eigenvalue weighted by Gasteiger charge is -2.07. The minimum atomic E-state index is -0.345. The number of carbonyl (C=O) groups is 2. The van der Waals surface area contributed by atoms with Crippen LogP contribution in [0.5, 0.6) is 0 Å². The van der Waals surface area contributed by atoms with Crippen molar-refractivity contribution in [3.8, 4) is 0 Å². The Hall–Kier alpha value is -2.34. The van der Waals surface area contributed by atoms with Gasteiger partial charge in [-0.1, -0.05) is 36.4 Å². The maximum absolute atomic E-state index is 13.4. The van der Waals surface area contributed by atoms with E-state index < -0.39 is 0 Å². The van der Waals surface area contributed by atoms with Crippen LogP contribution in [0.15, 0.2) is 54.6 Å². The van der Waals surface area contributed by atoms with Gasteiger partial charge >= 0.3 is 0 Å². The predicted octanol–water partition coefficient (Wildman–Crippen LogP) is 2.81. The molecule has 0 aliphatic carbocycles. The Labute approximate surface area is 138 Å². The van der Waals surface area contributed by atoms with Crippen molar-refractivity contribution in [2.45, 2.75) is 6.54 Å². The predicted molar refractivity (Wildman–Crippen MR) is 90.6 cm³/mol. The Kier molecular flexibility index (Phi) is 6.62. The Morgan fingerprint density at radius 3 is 2.30 bits per heavy atom. The van der Waals surface area contributed by atoms with Crippen LogP contribution in [0.2, 0.25) is 0 Å². The van der Waals surface area contributed by atoms with Gasteiger partial charge in [0, 0.05) is 17.8 Å². The zero-order valence-corrected chi connectivity index (χ0v) is 13.2. The summed E-state index contributed by atoms with van der Waals surface area (Å²) >= 11 is 1.21. The molecule has 0 unspecified atom stereocenters. The van der Waals surface area contributed by atoms with E-state index in [4.69, 9.17) is 0 Å². The number of hydrogen-bond donors (Lipinski definition) is 2. The highest BCUT2D eigenvalue weighted by Gasteiger charge is 2.07. The number of carbonyl (C=O) groups excluding carboxylic acids is 2. The van der Waals surface area contributed by atoms with Gasteiger partial charge in [0.15, 0.2) is 0 Å². The van der Waals surface area contributed by atoms with E-state index in [0.29, 0.717) is 5.56 Å². The molecule has 120 valence electrons. The third-order valence-corrected chi connectivity index (χ3v) is 3.89. The van der Waals surface area contributed by atoms with Gasteiger partial charge in [0.2, 0.25) is 11.8 Å². The molecular formula is C17H17FN2O2S. The molecule has 0 radical (unpaired) electrons. The van der Waals surface area contributed by atoms with Crippen LogP contribution in [0.3, 0.4) is 0 Å². The van der Waals surface area contributed by atoms with Gasteiger partial charge in [-0.25, -0.2) is 4.39 Å². The van der Waals surface area contributed by atoms with E-state index in [-0.39, 0.29) is 35.7 Å². The highest BCUT2D eigenvalue weighted by molar-refractivity contribution is 8.00. The molecule has 0 saturated heterocycles. The highest BCUT2D eigenvalue weighted by atomic mass is 32.2. The van der Waals surface area contributed by atoms with E-state index in [1.54, 1.807) is 30.3 Å². The Morgan fingerprint density at radius 1 is 0.913 bits per heavy atom. The van der Waals surface area contributed by atoms with Gasteiger partial charge in [-0.3, -0.25) is 9.59 Å². The molecule has 0 aliphatic heterocycles. The van der Waals surface area contributed by atoms with E-state index in [1.807, 2.05) is 18.2 Å². The fourth-order valence-corrected chi connectivity index (χ4v) is 2.49. The molecule has 0 atom stereocenters. The van der Waals surface area contributed by atoms with Gasteiger partial charge in [0.25, 0.3) is 0 Å². The van der Waals surface area contributed by atoms with Crippen LogP contribution >= 0.6 is 11.8 Å². The Morgan fingerprint density at radius 2 is 1.57 bits per heavy atom. The Bertz CT molecular complexity index is 665. The standard InChI is InChI=1S/C17H17FN2O2S/c18-15-9-5-4-6-13(15)10-19-16(21)11-23-12-17(22)20-14-7-2-1-3-8-14/h1-9H,10-12H2,(H,19,21)(H,20,22). The molecule has 0 aromatic heterocycles. The molecule has 2 amide bonds. The number of anilines is 1. The molecule has 0 bridgehead atoms. The molecule has 0 saturated carbocycles. The van der Waals surface area contributed by atoms with Crippen LogP contribution in [0.4, 0.5) is 10.1 Å². The number of para-hydroxylation sites is 1. The van der Waals surface area contributed by atoms with Crippen molar-refractivity contribution in [2.75, 3.05) is 16.8 Å². The third-order valence-electron chi connectivity index (χ3n) is 2.96. The van der Waals surface area contributed by atoms with E-state index in [2.05, 4.69) is 10.6 Å². The van der Waals surface area contributed by atoms with Crippen LogP contribution < -0.4 is 10.6 Å². The number of hydrogen-bond acceptors (Lipinski definition) is 3. The zero-order valence-electron chi connectivity index (χ0n) is 12.4. The molecule has 2 N–H and O–H groups in total. The lowest BCUT2D eigenvalue weighted by Crippen LogP contribution is -2.26. The molecular weight excluding hydrogens is 315 g/mol. The molecule has 2 aromatic rings. The van der Waals surface area contributed by atoms with Gasteiger partial charge in [0.05, 0.1) is 11.5 Å². The average Bonchev–Trinajstić information content (AvgIpc) is 2.55. The summed E-state index contributed by atoms with van der Waals surface area (Å²) in [6.07, 6.45) is 0. The number of halogens is 1. The van der Waals surface area contributed by atoms with Crippen molar-refractivity contribution in [3.05, 3.63) is 66.0 Å². The first-order valence-corrected chi connectivity index (χ1v) is 8.23. The fraction of sp³-hybridized carbons (Fsp3) is 0.176. The second kappa shape index (κ2) is 8.95. The summed E-state index contributed by atoms with van der Waals surface area (Å²) in [6.45, 7) is 0.141. The Balaban J connectivity index is 1.65. The highest BCUT2D eigenvalue weighted by Crippen LogP contribution is 2.08. The lowest BCUT2D eigenvalue weighted by atomic mass is 10.2. The number of nitrogens with one attached hydrogen (secondary N) is 2. The molecule has 4 nitrogen and oxygen atoms in total. The topological polar surface area (TPSA) is 58.2 Å². The molecule has 0 aliphatic rings. The SMILES string of the molecule is O=C(CSCC(=O)Nc1ccccc1)NCc1ccccc1F. The molecule has 0 spiro atoms. The van der Waals surface area contributed by atoms with Gasteiger partial charge < -0.3 is 10.6 Å². The van der Waals surface area contributed by atoms with Gasteiger partial charge in [0.1, 0.15) is 5.82 Å². The summed E-state index contributed by atoms with van der Waals surface area (Å²) in [5.41, 5.74) is 1.16. The van der Waals surface area contributed by atoms with Crippen molar-refractivity contribution >= 4 is 29.3 Å². The van der Waals surface area contributed by atoms with Crippen LogP contribution in [-0.4, -0.2) is 23.3 Å². The molecule has 0 heterocycles. The van der Waals surface area contributed by atoms with Gasteiger partial charge in [-0.15, -0.1) is 11.8 Å². The normalized spacial score (nSPS) is 10.1. The van der Waals surface area contributed by atoms with Crippen LogP contribution in [0.25, 0.3) is 0 Å². The van der Waals surface area contributed by atoms with Crippen molar-refractivity contribution in [1.82, 2.24) is 5.32 Å². The van der Waals surface area contributed by atoms with Crippen LogP contribution in [-0.2, 0) is 16.1 Å².